The van der Waals surface area contributed by atoms with Gasteiger partial charge in [-0.25, -0.2) is 33.9 Å². The van der Waals surface area contributed by atoms with Gasteiger partial charge in [0.05, 0.1) is 6.54 Å². The van der Waals surface area contributed by atoms with Crippen LogP contribution >= 0.6 is 0 Å². The summed E-state index contributed by atoms with van der Waals surface area (Å²) in [6, 6.07) is 15.3. The Kier molecular flexibility index (Phi) is 11.6. The van der Waals surface area contributed by atoms with Crippen LogP contribution in [0.4, 0.5) is 9.59 Å². The molecule has 182 valence electrons. The third kappa shape index (κ3) is 9.83. The predicted octanol–water partition coefficient (Wildman–Crippen LogP) is 3.44. The SMILES string of the molecule is O=C=NCCOC(=O)C(CCCCN(C(=O)Oc1ccccc1)C(=O)Oc1ccccc1)N=C=O. The fourth-order valence-corrected chi connectivity index (χ4v) is 2.79. The molecule has 1 unspecified atom stereocenters. The van der Waals surface area contributed by atoms with Crippen molar-refractivity contribution < 1.29 is 38.2 Å². The highest BCUT2D eigenvalue weighted by Crippen LogP contribution is 2.15. The normalized spacial score (nSPS) is 10.6. The number of carbonyl (C=O) groups is 3. The summed E-state index contributed by atoms with van der Waals surface area (Å²) in [5.41, 5.74) is 0. The van der Waals surface area contributed by atoms with E-state index in [1.165, 1.54) is 12.2 Å². The van der Waals surface area contributed by atoms with Crippen LogP contribution in [0.5, 0.6) is 11.5 Å². The van der Waals surface area contributed by atoms with Crippen LogP contribution in [0.3, 0.4) is 0 Å². The lowest BCUT2D eigenvalue weighted by atomic mass is 10.1. The van der Waals surface area contributed by atoms with Gasteiger partial charge < -0.3 is 14.2 Å². The first-order valence-electron chi connectivity index (χ1n) is 10.6. The highest BCUT2D eigenvalue weighted by atomic mass is 16.6. The molecule has 0 aromatic heterocycles. The van der Waals surface area contributed by atoms with Crippen molar-refractivity contribution in [3.05, 3.63) is 60.7 Å². The molecule has 0 fully saturated rings. The van der Waals surface area contributed by atoms with Gasteiger partial charge in [0, 0.05) is 6.54 Å². The first-order chi connectivity index (χ1) is 17.0. The van der Waals surface area contributed by atoms with Crippen molar-refractivity contribution in [2.75, 3.05) is 19.7 Å². The molecule has 1 atom stereocenters. The molecular formula is C24H23N3O8. The molecule has 0 bridgehead atoms. The van der Waals surface area contributed by atoms with E-state index in [2.05, 4.69) is 9.98 Å². The molecule has 0 N–H and O–H groups in total. The number of rotatable bonds is 12. The standard InChI is InChI=1S/C24H23N3O8/c28-17-25-14-16-33-22(30)21(26-18-29)13-7-8-15-27(23(31)34-19-9-3-1-4-10-19)24(32)35-20-11-5-2-6-12-20/h1-6,9-12,21H,7-8,13-16H2. The van der Waals surface area contributed by atoms with Crippen molar-refractivity contribution in [1.82, 2.24) is 4.90 Å². The number of hydrogen-bond acceptors (Lipinski definition) is 10. The van der Waals surface area contributed by atoms with Crippen LogP contribution < -0.4 is 9.47 Å². The number of amides is 2. The minimum absolute atomic E-state index is 0.0607. The van der Waals surface area contributed by atoms with Gasteiger partial charge in [0.15, 0.2) is 6.04 Å². The van der Waals surface area contributed by atoms with Crippen molar-refractivity contribution in [2.24, 2.45) is 9.98 Å². The number of benzene rings is 2. The summed E-state index contributed by atoms with van der Waals surface area (Å²) in [6.07, 6.45) is 1.41. The maximum absolute atomic E-state index is 12.7. The van der Waals surface area contributed by atoms with Crippen LogP contribution in [0.25, 0.3) is 0 Å². The van der Waals surface area contributed by atoms with Gasteiger partial charge in [-0.3, -0.25) is 0 Å². The van der Waals surface area contributed by atoms with Gasteiger partial charge in [0.25, 0.3) is 0 Å². The summed E-state index contributed by atoms with van der Waals surface area (Å²) < 4.78 is 15.4. The van der Waals surface area contributed by atoms with Crippen molar-refractivity contribution >= 4 is 30.3 Å². The van der Waals surface area contributed by atoms with E-state index < -0.39 is 24.2 Å². The third-order valence-electron chi connectivity index (χ3n) is 4.44. The number of ether oxygens (including phenoxy) is 3. The Hall–Kier alpha value is -4.59. The molecule has 35 heavy (non-hydrogen) atoms. The van der Waals surface area contributed by atoms with E-state index in [4.69, 9.17) is 14.2 Å². The summed E-state index contributed by atoms with van der Waals surface area (Å²) in [7, 11) is 0. The smallest absolute Gasteiger partial charge is 0.424 e. The van der Waals surface area contributed by atoms with Crippen LogP contribution in [0.1, 0.15) is 19.3 Å². The molecule has 0 aliphatic carbocycles. The van der Waals surface area contributed by atoms with Gasteiger partial charge in [-0.2, -0.15) is 4.99 Å². The molecule has 2 aromatic carbocycles. The van der Waals surface area contributed by atoms with Crippen LogP contribution in [-0.4, -0.2) is 61.0 Å². The van der Waals surface area contributed by atoms with Crippen molar-refractivity contribution in [1.29, 1.82) is 0 Å². The summed E-state index contributed by atoms with van der Waals surface area (Å²) >= 11 is 0. The number of carbonyl (C=O) groups excluding carboxylic acids is 5. The fraction of sp³-hybridized carbons (Fsp3) is 0.292. The summed E-state index contributed by atoms with van der Waals surface area (Å²) in [4.78, 5) is 65.6. The number of para-hydroxylation sites is 2. The lowest BCUT2D eigenvalue weighted by Crippen LogP contribution is -2.41. The minimum atomic E-state index is -1.12. The van der Waals surface area contributed by atoms with Crippen LogP contribution in [-0.2, 0) is 19.1 Å². The number of nitrogens with zero attached hydrogens (tertiary/aromatic N) is 3. The highest BCUT2D eigenvalue weighted by molar-refractivity contribution is 5.89. The van der Waals surface area contributed by atoms with Gasteiger partial charge in [-0.15, -0.1) is 0 Å². The van der Waals surface area contributed by atoms with E-state index in [9.17, 15) is 24.0 Å². The number of aliphatic imine (C=N–C) groups is 2. The van der Waals surface area contributed by atoms with Gasteiger partial charge in [-0.05, 0) is 43.5 Å². The molecule has 0 saturated carbocycles. The van der Waals surface area contributed by atoms with Crippen molar-refractivity contribution in [3.8, 4) is 11.5 Å². The third-order valence-corrected chi connectivity index (χ3v) is 4.44. The second kappa shape index (κ2) is 15.3. The maximum Gasteiger partial charge on any atom is 0.424 e. The number of hydrogen-bond donors (Lipinski definition) is 0. The molecule has 0 aliphatic heterocycles. The van der Waals surface area contributed by atoms with E-state index >= 15 is 0 Å². The Balaban J connectivity index is 1.97. The van der Waals surface area contributed by atoms with Crippen molar-refractivity contribution in [2.45, 2.75) is 25.3 Å². The molecule has 0 radical (unpaired) electrons. The molecule has 0 saturated heterocycles. The Morgan fingerprint density at radius 1 is 0.829 bits per heavy atom. The largest absolute Gasteiger partial charge is 0.462 e. The molecular weight excluding hydrogens is 458 g/mol. The van der Waals surface area contributed by atoms with E-state index in [0.717, 1.165) is 4.90 Å². The predicted molar refractivity (Wildman–Crippen MR) is 121 cm³/mol. The molecule has 2 rings (SSSR count). The monoisotopic (exact) mass is 481 g/mol. The zero-order valence-electron chi connectivity index (χ0n) is 18.7. The van der Waals surface area contributed by atoms with Gasteiger partial charge >= 0.3 is 18.2 Å². The first kappa shape index (κ1) is 26.7. The average molecular weight is 481 g/mol. The van der Waals surface area contributed by atoms with Gasteiger partial charge in [0.2, 0.25) is 12.2 Å². The van der Waals surface area contributed by atoms with Crippen molar-refractivity contribution in [3.63, 3.8) is 0 Å². The van der Waals surface area contributed by atoms with Crippen LogP contribution in [0.2, 0.25) is 0 Å². The van der Waals surface area contributed by atoms with Gasteiger partial charge in [0.1, 0.15) is 18.1 Å². The quantitative estimate of drug-likeness (QED) is 0.194. The maximum atomic E-state index is 12.7. The number of isocyanates is 2. The topological polar surface area (TPSA) is 141 Å². The lowest BCUT2D eigenvalue weighted by Gasteiger charge is -2.20. The Bertz CT molecular complexity index is 1010. The van der Waals surface area contributed by atoms with Gasteiger partial charge in [-0.1, -0.05) is 36.4 Å². The van der Waals surface area contributed by atoms with E-state index in [0.29, 0.717) is 6.42 Å². The summed E-state index contributed by atoms with van der Waals surface area (Å²) in [5.74, 6) is -0.285. The summed E-state index contributed by atoms with van der Waals surface area (Å²) in [6.45, 7) is -0.309. The van der Waals surface area contributed by atoms with Crippen LogP contribution in [0, 0.1) is 0 Å². The first-order valence-corrected chi connectivity index (χ1v) is 10.6. The van der Waals surface area contributed by atoms with E-state index in [-0.39, 0.29) is 44.0 Å². The number of esters is 1. The summed E-state index contributed by atoms with van der Waals surface area (Å²) in [5, 5.41) is 0. The zero-order chi connectivity index (χ0) is 25.3. The number of imide groups is 1. The molecule has 11 heteroatoms. The Morgan fingerprint density at radius 3 is 1.91 bits per heavy atom. The molecule has 0 spiro atoms. The lowest BCUT2D eigenvalue weighted by molar-refractivity contribution is -0.145. The zero-order valence-corrected chi connectivity index (χ0v) is 18.7. The molecule has 0 aliphatic rings. The van der Waals surface area contributed by atoms with E-state index in [1.54, 1.807) is 60.7 Å². The second-order valence-electron chi connectivity index (χ2n) is 6.89. The molecule has 0 heterocycles. The average Bonchev–Trinajstić information content (AvgIpc) is 2.86. The number of unbranched alkanes of at least 4 members (excludes halogenated alkanes) is 1. The minimum Gasteiger partial charge on any atom is -0.462 e. The Morgan fingerprint density at radius 2 is 1.40 bits per heavy atom. The van der Waals surface area contributed by atoms with Crippen LogP contribution in [0.15, 0.2) is 70.6 Å². The fourth-order valence-electron chi connectivity index (χ4n) is 2.79. The Labute approximate surface area is 201 Å². The second-order valence-corrected chi connectivity index (χ2v) is 6.89. The highest BCUT2D eigenvalue weighted by Gasteiger charge is 2.26. The van der Waals surface area contributed by atoms with E-state index in [1.807, 2.05) is 0 Å². The molecule has 11 nitrogen and oxygen atoms in total. The molecule has 2 aromatic rings. The molecule has 2 amide bonds.